The lowest BCUT2D eigenvalue weighted by Crippen LogP contribution is -2.26. The standard InChI is InChI=1S/C17H26N2O3S/c1-11-15(17(21)22)23-16(19-11)12(2)18-14(20)10-6-9-13-7-4-3-5-8-13/h12-13H,3-10H2,1-2H3,(H,18,20)(H,21,22). The van der Waals surface area contributed by atoms with Gasteiger partial charge in [-0.2, -0.15) is 0 Å². The van der Waals surface area contributed by atoms with E-state index in [2.05, 4.69) is 10.3 Å². The number of hydrogen-bond donors (Lipinski definition) is 2. The Balaban J connectivity index is 1.75. The van der Waals surface area contributed by atoms with Crippen molar-refractivity contribution in [1.82, 2.24) is 10.3 Å². The maximum atomic E-state index is 12.0. The Morgan fingerprint density at radius 2 is 2.04 bits per heavy atom. The van der Waals surface area contributed by atoms with Crippen molar-refractivity contribution in [2.24, 2.45) is 5.92 Å². The van der Waals surface area contributed by atoms with Crippen LogP contribution in [-0.4, -0.2) is 22.0 Å². The van der Waals surface area contributed by atoms with Gasteiger partial charge in [0, 0.05) is 6.42 Å². The molecule has 1 saturated carbocycles. The smallest absolute Gasteiger partial charge is 0.347 e. The molecule has 1 fully saturated rings. The van der Waals surface area contributed by atoms with Gasteiger partial charge in [0.15, 0.2) is 0 Å². The third kappa shape index (κ3) is 5.30. The van der Waals surface area contributed by atoms with E-state index in [0.717, 1.165) is 30.1 Å². The van der Waals surface area contributed by atoms with Gasteiger partial charge < -0.3 is 10.4 Å². The zero-order valence-electron chi connectivity index (χ0n) is 13.9. The van der Waals surface area contributed by atoms with E-state index in [1.54, 1.807) is 6.92 Å². The SMILES string of the molecule is Cc1nc(C(C)NC(=O)CCCC2CCCCC2)sc1C(=O)O. The van der Waals surface area contributed by atoms with Gasteiger partial charge in [0.1, 0.15) is 9.88 Å². The molecule has 5 nitrogen and oxygen atoms in total. The van der Waals surface area contributed by atoms with Crippen LogP contribution in [0.25, 0.3) is 0 Å². The molecule has 0 radical (unpaired) electrons. The van der Waals surface area contributed by atoms with Gasteiger partial charge in [-0.1, -0.05) is 32.1 Å². The van der Waals surface area contributed by atoms with Crippen molar-refractivity contribution in [3.63, 3.8) is 0 Å². The molecule has 1 unspecified atom stereocenters. The number of aryl methyl sites for hydroxylation is 1. The number of rotatable bonds is 7. The fourth-order valence-electron chi connectivity index (χ4n) is 3.20. The second kappa shape index (κ2) is 8.43. The van der Waals surface area contributed by atoms with Crippen LogP contribution in [0.4, 0.5) is 0 Å². The van der Waals surface area contributed by atoms with Crippen molar-refractivity contribution in [3.8, 4) is 0 Å². The van der Waals surface area contributed by atoms with Gasteiger partial charge >= 0.3 is 5.97 Å². The molecular weight excluding hydrogens is 312 g/mol. The van der Waals surface area contributed by atoms with Gasteiger partial charge in [-0.3, -0.25) is 4.79 Å². The molecule has 1 amide bonds. The molecule has 2 N–H and O–H groups in total. The number of hydrogen-bond acceptors (Lipinski definition) is 4. The lowest BCUT2D eigenvalue weighted by Gasteiger charge is -2.21. The van der Waals surface area contributed by atoms with Crippen LogP contribution in [0, 0.1) is 12.8 Å². The Morgan fingerprint density at radius 1 is 1.35 bits per heavy atom. The number of carboxylic acid groups (broad SMARTS) is 1. The van der Waals surface area contributed by atoms with E-state index in [1.807, 2.05) is 6.92 Å². The van der Waals surface area contributed by atoms with Crippen molar-refractivity contribution in [3.05, 3.63) is 15.6 Å². The normalized spacial score (nSPS) is 17.0. The highest BCUT2D eigenvalue weighted by atomic mass is 32.1. The highest BCUT2D eigenvalue weighted by Crippen LogP contribution is 2.28. The number of aromatic nitrogens is 1. The molecule has 23 heavy (non-hydrogen) atoms. The molecule has 0 spiro atoms. The number of nitrogens with one attached hydrogen (secondary N) is 1. The Hall–Kier alpha value is -1.43. The van der Waals surface area contributed by atoms with Crippen LogP contribution < -0.4 is 5.32 Å². The number of aromatic carboxylic acids is 1. The number of amides is 1. The lowest BCUT2D eigenvalue weighted by atomic mass is 9.86. The molecule has 2 rings (SSSR count). The Morgan fingerprint density at radius 3 is 2.65 bits per heavy atom. The molecule has 1 aromatic rings. The number of carboxylic acids is 1. The third-order valence-electron chi connectivity index (χ3n) is 4.50. The molecule has 6 heteroatoms. The van der Waals surface area contributed by atoms with E-state index in [9.17, 15) is 9.59 Å². The predicted octanol–water partition coefficient (Wildman–Crippen LogP) is 4.08. The van der Waals surface area contributed by atoms with Crippen molar-refractivity contribution in [1.29, 1.82) is 0 Å². The second-order valence-corrected chi connectivity index (χ2v) is 7.49. The molecule has 0 saturated heterocycles. The molecule has 0 aliphatic heterocycles. The van der Waals surface area contributed by atoms with Gasteiger partial charge in [0.25, 0.3) is 0 Å². The highest BCUT2D eigenvalue weighted by molar-refractivity contribution is 7.13. The predicted molar refractivity (Wildman–Crippen MR) is 90.8 cm³/mol. The van der Waals surface area contributed by atoms with E-state index < -0.39 is 5.97 Å². The lowest BCUT2D eigenvalue weighted by molar-refractivity contribution is -0.121. The molecule has 1 aliphatic carbocycles. The molecule has 1 aliphatic rings. The van der Waals surface area contributed by atoms with E-state index in [1.165, 1.54) is 32.1 Å². The van der Waals surface area contributed by atoms with Crippen LogP contribution in [0.1, 0.15) is 84.7 Å². The molecular formula is C17H26N2O3S. The molecule has 1 atom stereocenters. The summed E-state index contributed by atoms with van der Waals surface area (Å²) in [5, 5.41) is 12.6. The molecule has 1 aromatic heterocycles. The third-order valence-corrected chi connectivity index (χ3v) is 5.82. The number of thiazole rings is 1. The minimum absolute atomic E-state index is 0.0260. The zero-order valence-corrected chi connectivity index (χ0v) is 14.7. The summed E-state index contributed by atoms with van der Waals surface area (Å²) in [4.78, 5) is 27.6. The van der Waals surface area contributed by atoms with Crippen LogP contribution in [0.15, 0.2) is 0 Å². The minimum atomic E-state index is -0.961. The number of carbonyl (C=O) groups excluding carboxylic acids is 1. The summed E-state index contributed by atoms with van der Waals surface area (Å²) >= 11 is 1.14. The summed E-state index contributed by atoms with van der Waals surface area (Å²) in [5.74, 6) is -0.135. The first kappa shape index (κ1) is 17.9. The fraction of sp³-hybridized carbons (Fsp3) is 0.706. The van der Waals surface area contributed by atoms with E-state index in [-0.39, 0.29) is 16.8 Å². The highest BCUT2D eigenvalue weighted by Gasteiger charge is 2.19. The summed E-state index contributed by atoms with van der Waals surface area (Å²) in [6, 6.07) is -0.242. The van der Waals surface area contributed by atoms with Crippen molar-refractivity contribution in [2.75, 3.05) is 0 Å². The zero-order chi connectivity index (χ0) is 16.8. The summed E-state index contributed by atoms with van der Waals surface area (Å²) in [5.41, 5.74) is 0.510. The molecule has 1 heterocycles. The summed E-state index contributed by atoms with van der Waals surface area (Å²) in [6.07, 6.45) is 9.27. The van der Waals surface area contributed by atoms with Crippen molar-refractivity contribution >= 4 is 23.2 Å². The molecule has 0 aromatic carbocycles. The Labute approximate surface area is 141 Å². The van der Waals surface area contributed by atoms with Gasteiger partial charge in [-0.15, -0.1) is 11.3 Å². The van der Waals surface area contributed by atoms with Gasteiger partial charge in [-0.25, -0.2) is 9.78 Å². The number of carbonyl (C=O) groups is 2. The van der Waals surface area contributed by atoms with Gasteiger partial charge in [0.2, 0.25) is 5.91 Å². The van der Waals surface area contributed by atoms with Crippen LogP contribution in [0.5, 0.6) is 0 Å². The van der Waals surface area contributed by atoms with Crippen LogP contribution >= 0.6 is 11.3 Å². The van der Waals surface area contributed by atoms with Crippen LogP contribution in [0.3, 0.4) is 0 Å². The monoisotopic (exact) mass is 338 g/mol. The van der Waals surface area contributed by atoms with Gasteiger partial charge in [0.05, 0.1) is 11.7 Å². The molecule has 0 bridgehead atoms. The maximum Gasteiger partial charge on any atom is 0.347 e. The van der Waals surface area contributed by atoms with Crippen LogP contribution in [-0.2, 0) is 4.79 Å². The Kier molecular flexibility index (Phi) is 6.57. The van der Waals surface area contributed by atoms with E-state index in [0.29, 0.717) is 17.1 Å². The maximum absolute atomic E-state index is 12.0. The fourth-order valence-corrected chi connectivity index (χ4v) is 4.11. The van der Waals surface area contributed by atoms with E-state index in [4.69, 9.17) is 5.11 Å². The topological polar surface area (TPSA) is 79.3 Å². The minimum Gasteiger partial charge on any atom is -0.477 e. The average Bonchev–Trinajstić information content (AvgIpc) is 2.90. The van der Waals surface area contributed by atoms with Crippen LogP contribution in [0.2, 0.25) is 0 Å². The first-order valence-electron chi connectivity index (χ1n) is 8.47. The average molecular weight is 338 g/mol. The summed E-state index contributed by atoms with van der Waals surface area (Å²) < 4.78 is 0. The first-order chi connectivity index (χ1) is 11.0. The Bertz CT molecular complexity index is 550. The molecule has 128 valence electrons. The number of nitrogens with zero attached hydrogens (tertiary/aromatic N) is 1. The van der Waals surface area contributed by atoms with Gasteiger partial charge in [-0.05, 0) is 32.6 Å². The quantitative estimate of drug-likeness (QED) is 0.785. The summed E-state index contributed by atoms with van der Waals surface area (Å²) in [6.45, 7) is 3.53. The second-order valence-electron chi connectivity index (χ2n) is 6.46. The van der Waals surface area contributed by atoms with E-state index >= 15 is 0 Å². The first-order valence-corrected chi connectivity index (χ1v) is 9.29. The summed E-state index contributed by atoms with van der Waals surface area (Å²) in [7, 11) is 0. The van der Waals surface area contributed by atoms with Crippen molar-refractivity contribution < 1.29 is 14.7 Å². The van der Waals surface area contributed by atoms with Crippen molar-refractivity contribution in [2.45, 2.75) is 71.3 Å². The largest absolute Gasteiger partial charge is 0.477 e.